The van der Waals surface area contributed by atoms with Gasteiger partial charge < -0.3 is 30.3 Å². The van der Waals surface area contributed by atoms with Crippen LogP contribution in [0.15, 0.2) is 427 Å². The van der Waals surface area contributed by atoms with E-state index in [1.165, 1.54) is 55.7 Å². The first-order valence-corrected chi connectivity index (χ1v) is 48.7. The number of benzene rings is 12. The quantitative estimate of drug-likeness (QED) is 0.0172. The van der Waals surface area contributed by atoms with Crippen LogP contribution in [-0.2, 0) is 94.9 Å². The minimum Gasteiger partial charge on any atom is -0.481 e. The maximum Gasteiger partial charge on any atom is 0.303 e. The average molecular weight is 1790 g/mol. The predicted molar refractivity (Wildman–Crippen MR) is 526 cm³/mol. The fourth-order valence-electron chi connectivity index (χ4n) is 31.2. The lowest BCUT2D eigenvalue weighted by atomic mass is 9.27. The number of carbonyl (C=O) groups excluding carboxylic acids is 1. The summed E-state index contributed by atoms with van der Waals surface area (Å²) in [5.74, 6) is -5.90. The van der Waals surface area contributed by atoms with Crippen LogP contribution in [0.1, 0.15) is 86.0 Å². The highest BCUT2D eigenvalue weighted by molar-refractivity contribution is 5.96. The number of rotatable bonds is 29. The summed E-state index contributed by atoms with van der Waals surface area (Å²) in [5.41, 5.74) is 79.4. The molecule has 0 aliphatic heterocycles. The van der Waals surface area contributed by atoms with Crippen molar-refractivity contribution in [2.24, 2.45) is 59.2 Å². The number of carboxylic acid groups (broad SMARTS) is 3. The van der Waals surface area contributed by atoms with Crippen molar-refractivity contribution >= 4 is 24.4 Å². The number of hydrogen-bond donors (Lipinski definition) is 5. The molecule has 16 atom stereocenters. The van der Waals surface area contributed by atoms with Crippen molar-refractivity contribution in [3.63, 3.8) is 0 Å². The van der Waals surface area contributed by atoms with Crippen molar-refractivity contribution in [3.05, 3.63) is 493 Å². The molecule has 28 rings (SSSR count). The molecule has 0 amide bonds. The Morgan fingerprint density at radius 1 is 0.246 bits per heavy atom. The zero-order valence-corrected chi connectivity index (χ0v) is 75.3. The highest BCUT2D eigenvalue weighted by atomic mass is 16.5. The first-order chi connectivity index (χ1) is 67.7. The van der Waals surface area contributed by atoms with E-state index in [-0.39, 0.29) is 98.3 Å². The molecule has 0 saturated heterocycles. The van der Waals surface area contributed by atoms with Crippen LogP contribution in [-0.4, -0.2) is 69.7 Å². The lowest BCUT2D eigenvalue weighted by Gasteiger charge is -2.73. The van der Waals surface area contributed by atoms with Gasteiger partial charge in [-0.25, -0.2) is 0 Å². The molecule has 0 heterocycles. The van der Waals surface area contributed by atoms with Crippen molar-refractivity contribution in [3.8, 4) is 66.8 Å². The molecule has 10 nitrogen and oxygen atoms in total. The molecular formula is C128H88O10. The molecule has 0 spiro atoms. The molecule has 12 aromatic rings. The van der Waals surface area contributed by atoms with Gasteiger partial charge in [0, 0.05) is 181 Å². The predicted octanol–water partition coefficient (Wildman–Crippen LogP) is 22.5. The van der Waals surface area contributed by atoms with Gasteiger partial charge in [-0.15, -0.1) is 0 Å². The third-order valence-corrected chi connectivity index (χ3v) is 35.7. The number of aliphatic hydroxyl groups excluding tert-OH is 2. The molecule has 8 fully saturated rings. The van der Waals surface area contributed by atoms with E-state index < -0.39 is 50.4 Å². The number of aliphatic hydroxyl groups is 2. The summed E-state index contributed by atoms with van der Waals surface area (Å²) < 4.78 is 5.26. The van der Waals surface area contributed by atoms with Crippen molar-refractivity contribution < 1.29 is 49.4 Å². The number of aliphatic carboxylic acids is 3. The standard InChI is InChI=1S/C128H88O10/c129-68-65-75-7-22-81(23-8-75)85-30-42-91(43-31-85)124-110-97-53-52-96-98-54-56-100-102-58-60-104-105-61-59-103-101-57-55-99(97)112(124)114(101)126(93-46-34-87(35-47-93)82-24-9-76(10-25-82)66-69-130)116(103)118(105)127(94-48-36-88(37-49-94)83-26-11-77(12-27-83)67-70-138-71-131)117(104)115(102)125(92-44-32-86(33-45-92)79-18-3-73(4-19-79)14-63-107(134)135)113(100)111(98)123(109(96)110,90-40-28-84(29-41-90)78-16-1-72(2-17-78)13-62-106(132)133)119-120(124)122(126)128(127,121(119)125)95-50-38-89(39-51-95)80-20-5-74(6-21-80)15-64-108(136)137/h1-12,16-51,71,109-118,129-130H,13-15,62-70H2,(H,132,133)(H,134,135)(H,136,137)/t109?,110?,111?,112?,113?,114?,115?,116?,117?,118?,123-,124+,125-,126+,127-,128+/m0/s1. The van der Waals surface area contributed by atoms with E-state index in [1.54, 1.807) is 0 Å². The lowest BCUT2D eigenvalue weighted by molar-refractivity contribution is -0.138. The van der Waals surface area contributed by atoms with Gasteiger partial charge in [0.15, 0.2) is 0 Å². The molecule has 10 unspecified atom stereocenters. The zero-order valence-electron chi connectivity index (χ0n) is 75.3. The van der Waals surface area contributed by atoms with E-state index in [0.29, 0.717) is 45.0 Å². The number of carbonyl (C=O) groups is 4. The summed E-state index contributed by atoms with van der Waals surface area (Å²) in [6.45, 7) is 0.889. The van der Waals surface area contributed by atoms with Crippen LogP contribution in [0.25, 0.3) is 66.8 Å². The number of ether oxygens (including phenoxy) is 1. The molecule has 12 aromatic carbocycles. The fraction of sp³-hybridized carbons (Fsp3) is 0.219. The second-order valence-electron chi connectivity index (χ2n) is 40.7. The second-order valence-corrected chi connectivity index (χ2v) is 40.7. The van der Waals surface area contributed by atoms with Crippen molar-refractivity contribution in [2.75, 3.05) is 19.8 Å². The fourth-order valence-corrected chi connectivity index (χ4v) is 31.2. The van der Waals surface area contributed by atoms with Gasteiger partial charge in [0.2, 0.25) is 0 Å². The summed E-state index contributed by atoms with van der Waals surface area (Å²) in [6.07, 6.45) is 2.99. The van der Waals surface area contributed by atoms with Gasteiger partial charge in [0.05, 0.1) is 12.0 Å². The molecule has 0 bridgehead atoms. The average Bonchev–Trinajstić information content (AvgIpc) is 1.38. The van der Waals surface area contributed by atoms with E-state index in [2.05, 4.69) is 348 Å². The minimum absolute atomic E-state index is 0.0182. The maximum absolute atomic E-state index is 12.2. The molecule has 16 aliphatic rings. The van der Waals surface area contributed by atoms with Crippen LogP contribution in [0.3, 0.4) is 0 Å². The van der Waals surface area contributed by atoms with Crippen LogP contribution >= 0.6 is 0 Å². The minimum atomic E-state index is -1.21. The van der Waals surface area contributed by atoms with Gasteiger partial charge in [-0.2, -0.15) is 0 Å². The summed E-state index contributed by atoms with van der Waals surface area (Å²) in [5, 5.41) is 50.4. The van der Waals surface area contributed by atoms with Crippen molar-refractivity contribution in [2.45, 2.75) is 90.3 Å². The first-order valence-electron chi connectivity index (χ1n) is 48.7. The molecule has 0 aromatic heterocycles. The molecule has 16 aliphatic carbocycles. The first kappa shape index (κ1) is 80.8. The van der Waals surface area contributed by atoms with Gasteiger partial charge in [0.25, 0.3) is 6.47 Å². The lowest BCUT2D eigenvalue weighted by Crippen LogP contribution is -2.75. The van der Waals surface area contributed by atoms with Crippen LogP contribution in [0, 0.1) is 59.2 Å². The molecule has 8 saturated carbocycles. The molecule has 5 N–H and O–H groups in total. The maximum atomic E-state index is 12.2. The van der Waals surface area contributed by atoms with Crippen LogP contribution < -0.4 is 0 Å². The van der Waals surface area contributed by atoms with Gasteiger partial charge >= 0.3 is 17.9 Å². The van der Waals surface area contributed by atoms with E-state index >= 15 is 0 Å². The molecule has 0 radical (unpaired) electrons. The topological polar surface area (TPSA) is 179 Å². The smallest absolute Gasteiger partial charge is 0.303 e. The Hall–Kier alpha value is -15.6. The summed E-state index contributed by atoms with van der Waals surface area (Å²) >= 11 is 0. The second kappa shape index (κ2) is 29.2. The highest BCUT2D eigenvalue weighted by Gasteiger charge is 2.96. The van der Waals surface area contributed by atoms with Crippen molar-refractivity contribution in [1.29, 1.82) is 0 Å². The van der Waals surface area contributed by atoms with E-state index in [0.717, 1.165) is 156 Å². The van der Waals surface area contributed by atoms with E-state index in [1.807, 2.05) is 0 Å². The third-order valence-electron chi connectivity index (χ3n) is 35.7. The Balaban J connectivity index is 0.826. The Bertz CT molecular complexity index is 8040. The number of hydrogen-bond acceptors (Lipinski definition) is 7. The Morgan fingerprint density at radius 3 is 0.681 bits per heavy atom. The van der Waals surface area contributed by atoms with Crippen molar-refractivity contribution in [1.82, 2.24) is 0 Å². The Morgan fingerprint density at radius 2 is 0.442 bits per heavy atom. The van der Waals surface area contributed by atoms with E-state index in [4.69, 9.17) is 4.74 Å². The largest absolute Gasteiger partial charge is 0.481 e. The SMILES string of the molecule is O=COCCc1ccc(-c2ccc([C@@]34C5C6=C=C=C7C8=C=C=C9C%10=C=C=C%11C%12=C=C=C%13C%14=C=C=C6C3C%14[C@@]3(c6ccc(-c%14ccc(CCC(=O)O)cc%14)cc6)C6=C%14C%15=C([C@](c%16ccc(-c%17ccc(CCO)cc%17)cc%16)(C8C9[C@@]%15(c8ccc(-c9ccc(CCO)cc9)cc8)C%10C%11[C@@]%14(c8ccc(-c9ccc(CCC(=O)O)cc9)cc8)C%12C%133)C75)[C@@]64c3ccc(-c4ccc(CCC(=O)O)cc4)cc3)cc2)cc1. The Labute approximate surface area is 797 Å². The summed E-state index contributed by atoms with van der Waals surface area (Å²) in [7, 11) is 0. The van der Waals surface area contributed by atoms with Gasteiger partial charge in [-0.05, 0) is 188 Å². The van der Waals surface area contributed by atoms with Gasteiger partial charge in [-0.1, -0.05) is 348 Å². The van der Waals surface area contributed by atoms with Crippen LogP contribution in [0.2, 0.25) is 0 Å². The number of fused-ring (bicyclic) bond motifs is 5. The molecule has 10 heteroatoms. The van der Waals surface area contributed by atoms with Gasteiger partial charge in [0.1, 0.15) is 0 Å². The number of aryl methyl sites for hydroxylation is 3. The Kier molecular flexibility index (Phi) is 17.1. The van der Waals surface area contributed by atoms with E-state index in [9.17, 15) is 44.7 Å². The molecular weight excluding hydrogens is 1700 g/mol. The van der Waals surface area contributed by atoms with Crippen LogP contribution in [0.5, 0.6) is 0 Å². The zero-order chi connectivity index (χ0) is 92.4. The number of allylic oxidation sites excluding steroid dienone is 14. The monoisotopic (exact) mass is 1780 g/mol. The number of carboxylic acids is 3. The molecule has 138 heavy (non-hydrogen) atoms. The summed E-state index contributed by atoms with van der Waals surface area (Å²) in [4.78, 5) is 47.9. The summed E-state index contributed by atoms with van der Waals surface area (Å²) in [6, 6.07) is 111. The third kappa shape index (κ3) is 10.1. The van der Waals surface area contributed by atoms with Gasteiger partial charge in [-0.3, -0.25) is 19.2 Å². The van der Waals surface area contributed by atoms with Crippen LogP contribution in [0.4, 0.5) is 0 Å². The highest BCUT2D eigenvalue weighted by Crippen LogP contribution is 2.98. The molecule has 660 valence electrons. The normalized spacial score (nSPS) is 28.0.